The van der Waals surface area contributed by atoms with Gasteiger partial charge in [0.15, 0.2) is 0 Å². The standard InChI is InChI=1S/C6H15N3/c1-2-3-4-5-6(7,8)9/h4-5H,2-3,7-9H2,1H3. The molecule has 0 rings (SSSR count). The monoisotopic (exact) mass is 129 g/mol. The van der Waals surface area contributed by atoms with Gasteiger partial charge in [0, 0.05) is 0 Å². The van der Waals surface area contributed by atoms with Crippen LogP contribution in [0.2, 0.25) is 0 Å². The Morgan fingerprint density at radius 3 is 2.22 bits per heavy atom. The van der Waals surface area contributed by atoms with Crippen molar-refractivity contribution in [3.05, 3.63) is 12.2 Å². The van der Waals surface area contributed by atoms with Crippen LogP contribution in [-0.2, 0) is 0 Å². The molecule has 0 aromatic heterocycles. The summed E-state index contributed by atoms with van der Waals surface area (Å²) in [5.74, 6) is -1.13. The van der Waals surface area contributed by atoms with E-state index in [1.807, 2.05) is 6.08 Å². The van der Waals surface area contributed by atoms with Gasteiger partial charge in [-0.2, -0.15) is 0 Å². The largest absolute Gasteiger partial charge is 0.298 e. The van der Waals surface area contributed by atoms with Crippen LogP contribution in [0, 0.1) is 0 Å². The van der Waals surface area contributed by atoms with Gasteiger partial charge >= 0.3 is 0 Å². The maximum Gasteiger partial charge on any atom is 0.135 e. The lowest BCUT2D eigenvalue weighted by Crippen LogP contribution is -2.56. The molecule has 0 amide bonds. The minimum Gasteiger partial charge on any atom is -0.298 e. The summed E-state index contributed by atoms with van der Waals surface area (Å²) in [5.41, 5.74) is 15.7. The van der Waals surface area contributed by atoms with Gasteiger partial charge in [-0.25, -0.2) is 0 Å². The Morgan fingerprint density at radius 2 is 1.89 bits per heavy atom. The maximum absolute atomic E-state index is 5.24. The van der Waals surface area contributed by atoms with Crippen molar-refractivity contribution in [1.82, 2.24) is 0 Å². The highest BCUT2D eigenvalue weighted by Crippen LogP contribution is 1.90. The molecule has 0 atom stereocenters. The second-order valence-electron chi connectivity index (χ2n) is 2.19. The third kappa shape index (κ3) is 7.62. The van der Waals surface area contributed by atoms with Gasteiger partial charge in [-0.1, -0.05) is 19.4 Å². The van der Waals surface area contributed by atoms with Gasteiger partial charge in [0.25, 0.3) is 0 Å². The van der Waals surface area contributed by atoms with Crippen LogP contribution in [0.25, 0.3) is 0 Å². The third-order valence-corrected chi connectivity index (χ3v) is 0.862. The van der Waals surface area contributed by atoms with E-state index in [0.717, 1.165) is 12.8 Å². The van der Waals surface area contributed by atoms with E-state index in [-0.39, 0.29) is 0 Å². The van der Waals surface area contributed by atoms with Crippen LogP contribution < -0.4 is 17.2 Å². The first-order chi connectivity index (χ1) is 4.06. The highest BCUT2D eigenvalue weighted by atomic mass is 15.1. The summed E-state index contributed by atoms with van der Waals surface area (Å²) in [6.07, 6.45) is 5.57. The zero-order chi connectivity index (χ0) is 7.33. The van der Waals surface area contributed by atoms with E-state index < -0.39 is 5.79 Å². The number of unbranched alkanes of at least 4 members (excludes halogenated alkanes) is 1. The van der Waals surface area contributed by atoms with Crippen LogP contribution in [0.15, 0.2) is 12.2 Å². The smallest absolute Gasteiger partial charge is 0.135 e. The van der Waals surface area contributed by atoms with Crippen LogP contribution in [-0.4, -0.2) is 5.79 Å². The summed E-state index contributed by atoms with van der Waals surface area (Å²) in [7, 11) is 0. The molecule has 0 spiro atoms. The molecular weight excluding hydrogens is 114 g/mol. The van der Waals surface area contributed by atoms with Crippen LogP contribution in [0.3, 0.4) is 0 Å². The highest BCUT2D eigenvalue weighted by Gasteiger charge is 2.02. The van der Waals surface area contributed by atoms with Crippen LogP contribution in [0.4, 0.5) is 0 Å². The fraction of sp³-hybridized carbons (Fsp3) is 0.667. The Bertz CT molecular complexity index is 91.0. The van der Waals surface area contributed by atoms with Crippen molar-refractivity contribution >= 4 is 0 Å². The minimum atomic E-state index is -1.13. The molecule has 0 aromatic rings. The van der Waals surface area contributed by atoms with Crippen molar-refractivity contribution in [2.45, 2.75) is 25.6 Å². The average Bonchev–Trinajstić information content (AvgIpc) is 1.63. The zero-order valence-corrected chi connectivity index (χ0v) is 5.80. The van der Waals surface area contributed by atoms with E-state index in [9.17, 15) is 0 Å². The van der Waals surface area contributed by atoms with Crippen molar-refractivity contribution < 1.29 is 0 Å². The van der Waals surface area contributed by atoms with Crippen molar-refractivity contribution in [1.29, 1.82) is 0 Å². The minimum absolute atomic E-state index is 0.980. The van der Waals surface area contributed by atoms with E-state index in [0.29, 0.717) is 0 Å². The first-order valence-electron chi connectivity index (χ1n) is 3.10. The lowest BCUT2D eigenvalue weighted by atomic mass is 10.2. The molecular formula is C6H15N3. The third-order valence-electron chi connectivity index (χ3n) is 0.862. The summed E-state index contributed by atoms with van der Waals surface area (Å²) in [5, 5.41) is 0. The molecule has 0 aliphatic carbocycles. The summed E-state index contributed by atoms with van der Waals surface area (Å²) in [6.45, 7) is 2.08. The molecule has 0 aliphatic heterocycles. The number of hydrogen-bond acceptors (Lipinski definition) is 3. The molecule has 3 nitrogen and oxygen atoms in total. The van der Waals surface area contributed by atoms with Gasteiger partial charge in [0.1, 0.15) is 5.79 Å². The van der Waals surface area contributed by atoms with Gasteiger partial charge in [-0.15, -0.1) is 0 Å². The maximum atomic E-state index is 5.24. The summed E-state index contributed by atoms with van der Waals surface area (Å²) in [6, 6.07) is 0. The molecule has 54 valence electrons. The number of hydrogen-bond donors (Lipinski definition) is 3. The molecule has 0 fully saturated rings. The van der Waals surface area contributed by atoms with Crippen molar-refractivity contribution in [2.24, 2.45) is 17.2 Å². The highest BCUT2D eigenvalue weighted by molar-refractivity contribution is 4.96. The van der Waals surface area contributed by atoms with Gasteiger partial charge in [0.05, 0.1) is 0 Å². The van der Waals surface area contributed by atoms with Gasteiger partial charge in [-0.05, 0) is 12.5 Å². The Hall–Kier alpha value is -0.380. The fourth-order valence-electron chi connectivity index (χ4n) is 0.454. The van der Waals surface area contributed by atoms with E-state index in [1.54, 1.807) is 6.08 Å². The Labute approximate surface area is 55.9 Å². The zero-order valence-electron chi connectivity index (χ0n) is 5.80. The van der Waals surface area contributed by atoms with Crippen LogP contribution in [0.1, 0.15) is 19.8 Å². The number of nitrogens with two attached hydrogens (primary N) is 3. The van der Waals surface area contributed by atoms with Crippen molar-refractivity contribution in [2.75, 3.05) is 0 Å². The number of rotatable bonds is 3. The second-order valence-corrected chi connectivity index (χ2v) is 2.19. The molecule has 0 aliphatic rings. The van der Waals surface area contributed by atoms with Gasteiger partial charge in [-0.3, -0.25) is 17.2 Å². The molecule has 0 saturated heterocycles. The Balaban J connectivity index is 3.45. The average molecular weight is 129 g/mol. The lowest BCUT2D eigenvalue weighted by molar-refractivity contribution is 0.580. The quantitative estimate of drug-likeness (QED) is 0.367. The van der Waals surface area contributed by atoms with E-state index in [4.69, 9.17) is 17.2 Å². The van der Waals surface area contributed by atoms with Gasteiger partial charge in [0.2, 0.25) is 0 Å². The number of allylic oxidation sites excluding steroid dienone is 1. The topological polar surface area (TPSA) is 78.1 Å². The molecule has 6 N–H and O–H groups in total. The molecule has 3 heteroatoms. The van der Waals surface area contributed by atoms with Crippen molar-refractivity contribution in [3.63, 3.8) is 0 Å². The fourth-order valence-corrected chi connectivity index (χ4v) is 0.454. The first-order valence-corrected chi connectivity index (χ1v) is 3.10. The Morgan fingerprint density at radius 1 is 1.33 bits per heavy atom. The first kappa shape index (κ1) is 8.62. The van der Waals surface area contributed by atoms with Gasteiger partial charge < -0.3 is 0 Å². The molecule has 9 heavy (non-hydrogen) atoms. The molecule has 0 aromatic carbocycles. The lowest BCUT2D eigenvalue weighted by Gasteiger charge is -2.11. The predicted octanol–water partition coefficient (Wildman–Crippen LogP) is -0.127. The molecule has 0 bridgehead atoms. The predicted molar refractivity (Wildman–Crippen MR) is 39.3 cm³/mol. The van der Waals surface area contributed by atoms with Crippen molar-refractivity contribution in [3.8, 4) is 0 Å². The van der Waals surface area contributed by atoms with E-state index in [1.165, 1.54) is 0 Å². The molecule has 0 saturated carbocycles. The second kappa shape index (κ2) is 3.61. The van der Waals surface area contributed by atoms with E-state index in [2.05, 4.69) is 6.92 Å². The Kier molecular flexibility index (Phi) is 3.46. The normalized spacial score (nSPS) is 12.9. The molecule has 0 radical (unpaired) electrons. The molecule has 0 heterocycles. The SMILES string of the molecule is CCCC=CC(N)(N)N. The summed E-state index contributed by atoms with van der Waals surface area (Å²) >= 11 is 0. The summed E-state index contributed by atoms with van der Waals surface area (Å²) in [4.78, 5) is 0. The summed E-state index contributed by atoms with van der Waals surface area (Å²) < 4.78 is 0. The van der Waals surface area contributed by atoms with E-state index >= 15 is 0 Å². The van der Waals surface area contributed by atoms with Crippen LogP contribution in [0.5, 0.6) is 0 Å². The molecule has 0 unspecified atom stereocenters. The van der Waals surface area contributed by atoms with Crippen LogP contribution >= 0.6 is 0 Å².